The second kappa shape index (κ2) is 7.90. The number of carbonyl (C=O) groups excluding carboxylic acids is 3. The first-order chi connectivity index (χ1) is 10.6. The van der Waals surface area contributed by atoms with Gasteiger partial charge < -0.3 is 20.3 Å². The molecule has 132 valence electrons. The van der Waals surface area contributed by atoms with E-state index in [2.05, 4.69) is 15.4 Å². The van der Waals surface area contributed by atoms with E-state index in [0.717, 1.165) is 0 Å². The number of thioether (sulfide) groups is 1. The molecule has 2 atom stereocenters. The Morgan fingerprint density at radius 3 is 2.30 bits per heavy atom. The van der Waals surface area contributed by atoms with E-state index in [-0.39, 0.29) is 17.9 Å². The fourth-order valence-electron chi connectivity index (χ4n) is 2.25. The van der Waals surface area contributed by atoms with Gasteiger partial charge in [-0.3, -0.25) is 9.59 Å². The van der Waals surface area contributed by atoms with E-state index in [1.807, 2.05) is 34.6 Å². The zero-order chi connectivity index (χ0) is 17.8. The minimum Gasteiger partial charge on any atom is -0.453 e. The maximum absolute atomic E-state index is 12.9. The third-order valence-corrected chi connectivity index (χ3v) is 4.47. The molecule has 0 saturated carbocycles. The summed E-state index contributed by atoms with van der Waals surface area (Å²) in [5.41, 5.74) is -0.502. The third kappa shape index (κ3) is 5.30. The van der Waals surface area contributed by atoms with Crippen molar-refractivity contribution in [3.05, 3.63) is 0 Å². The van der Waals surface area contributed by atoms with Crippen LogP contribution in [-0.2, 0) is 14.3 Å². The molecule has 7 nitrogen and oxygen atoms in total. The lowest BCUT2D eigenvalue weighted by Gasteiger charge is -2.34. The van der Waals surface area contributed by atoms with Crippen LogP contribution in [0.2, 0.25) is 0 Å². The molecular weight excluding hydrogens is 318 g/mol. The highest BCUT2D eigenvalue weighted by Gasteiger charge is 2.42. The number of alkyl carbamates (subject to hydrolysis) is 1. The number of hydrogen-bond donors (Lipinski definition) is 2. The summed E-state index contributed by atoms with van der Waals surface area (Å²) in [6, 6.07) is -1.26. The van der Waals surface area contributed by atoms with Crippen LogP contribution in [0.3, 0.4) is 0 Å². The van der Waals surface area contributed by atoms with Crippen LogP contribution in [0, 0.1) is 5.41 Å². The Morgan fingerprint density at radius 1 is 1.22 bits per heavy atom. The largest absolute Gasteiger partial charge is 0.453 e. The zero-order valence-electron chi connectivity index (χ0n) is 14.6. The first kappa shape index (κ1) is 19.6. The maximum atomic E-state index is 12.9. The first-order valence-electron chi connectivity index (χ1n) is 7.61. The summed E-state index contributed by atoms with van der Waals surface area (Å²) in [5.74, 6) is 0.560. The van der Waals surface area contributed by atoms with Gasteiger partial charge in [0.2, 0.25) is 11.8 Å². The summed E-state index contributed by atoms with van der Waals surface area (Å²) in [6.07, 6.45) is -0.659. The van der Waals surface area contributed by atoms with Crippen LogP contribution in [0.1, 0.15) is 34.6 Å². The Balaban J connectivity index is 2.93. The summed E-state index contributed by atoms with van der Waals surface area (Å²) >= 11 is 1.53. The number of nitrogens with one attached hydrogen (secondary N) is 2. The van der Waals surface area contributed by atoms with Crippen LogP contribution in [0.15, 0.2) is 0 Å². The second-order valence-electron chi connectivity index (χ2n) is 6.92. The highest BCUT2D eigenvalue weighted by molar-refractivity contribution is 7.99. The van der Waals surface area contributed by atoms with Crippen molar-refractivity contribution in [1.82, 2.24) is 15.5 Å². The highest BCUT2D eigenvalue weighted by atomic mass is 32.2. The molecule has 1 saturated heterocycles. The standard InChI is InChI=1S/C15H27N3O4S/c1-9(2)16-12(19)10-7-23-8-18(10)13(20)11(15(3,4)5)17-14(21)22-6/h9-11H,7-8H2,1-6H3,(H,16,19)(H,17,21). The minimum atomic E-state index is -0.761. The number of rotatable bonds is 4. The molecule has 23 heavy (non-hydrogen) atoms. The molecule has 1 aliphatic rings. The Hall–Kier alpha value is -1.44. The van der Waals surface area contributed by atoms with Gasteiger partial charge in [-0.05, 0) is 19.3 Å². The topological polar surface area (TPSA) is 87.7 Å². The average Bonchev–Trinajstić information content (AvgIpc) is 2.91. The molecule has 2 unspecified atom stereocenters. The van der Waals surface area contributed by atoms with E-state index in [4.69, 9.17) is 0 Å². The smallest absolute Gasteiger partial charge is 0.407 e. The van der Waals surface area contributed by atoms with E-state index >= 15 is 0 Å². The highest BCUT2D eigenvalue weighted by Crippen LogP contribution is 2.27. The van der Waals surface area contributed by atoms with Gasteiger partial charge in [-0.15, -0.1) is 11.8 Å². The molecule has 2 N–H and O–H groups in total. The Morgan fingerprint density at radius 2 is 1.83 bits per heavy atom. The number of ether oxygens (including phenoxy) is 1. The number of hydrogen-bond acceptors (Lipinski definition) is 5. The number of amides is 3. The van der Waals surface area contributed by atoms with Crippen molar-refractivity contribution in [3.63, 3.8) is 0 Å². The van der Waals surface area contributed by atoms with E-state index in [9.17, 15) is 14.4 Å². The van der Waals surface area contributed by atoms with Crippen molar-refractivity contribution < 1.29 is 19.1 Å². The van der Waals surface area contributed by atoms with E-state index < -0.39 is 23.6 Å². The Bertz CT molecular complexity index is 462. The summed E-state index contributed by atoms with van der Waals surface area (Å²) in [4.78, 5) is 38.3. The van der Waals surface area contributed by atoms with Gasteiger partial charge in [0.15, 0.2) is 0 Å². The van der Waals surface area contributed by atoms with Crippen LogP contribution in [0.4, 0.5) is 4.79 Å². The summed E-state index contributed by atoms with van der Waals surface area (Å²) in [5, 5.41) is 5.43. The summed E-state index contributed by atoms with van der Waals surface area (Å²) in [6.45, 7) is 9.33. The van der Waals surface area contributed by atoms with Crippen molar-refractivity contribution in [2.24, 2.45) is 5.41 Å². The minimum absolute atomic E-state index is 0.0108. The SMILES string of the molecule is COC(=O)NC(C(=O)N1CSCC1C(=O)NC(C)C)C(C)(C)C. The number of methoxy groups -OCH3 is 1. The molecule has 1 aliphatic heterocycles. The van der Waals surface area contributed by atoms with Crippen molar-refractivity contribution in [3.8, 4) is 0 Å². The predicted octanol–water partition coefficient (Wildman–Crippen LogP) is 1.18. The Labute approximate surface area is 141 Å². The molecule has 0 radical (unpaired) electrons. The number of nitrogens with zero attached hydrogens (tertiary/aromatic N) is 1. The van der Waals surface area contributed by atoms with E-state index in [1.165, 1.54) is 23.8 Å². The van der Waals surface area contributed by atoms with Gasteiger partial charge in [0, 0.05) is 11.8 Å². The van der Waals surface area contributed by atoms with Gasteiger partial charge in [0.25, 0.3) is 0 Å². The van der Waals surface area contributed by atoms with Gasteiger partial charge in [-0.25, -0.2) is 4.79 Å². The fourth-order valence-corrected chi connectivity index (χ4v) is 3.41. The van der Waals surface area contributed by atoms with E-state index in [0.29, 0.717) is 11.6 Å². The lowest BCUT2D eigenvalue weighted by atomic mass is 9.85. The lowest BCUT2D eigenvalue weighted by Crippen LogP contribution is -2.58. The van der Waals surface area contributed by atoms with Crippen LogP contribution in [0.25, 0.3) is 0 Å². The molecule has 1 heterocycles. The molecule has 8 heteroatoms. The van der Waals surface area contributed by atoms with Crippen molar-refractivity contribution >= 4 is 29.7 Å². The Kier molecular flexibility index (Phi) is 6.73. The van der Waals surface area contributed by atoms with Crippen molar-refractivity contribution in [2.45, 2.75) is 52.7 Å². The molecule has 3 amide bonds. The summed E-state index contributed by atoms with van der Waals surface area (Å²) in [7, 11) is 1.25. The molecular formula is C15H27N3O4S. The monoisotopic (exact) mass is 345 g/mol. The summed E-state index contributed by atoms with van der Waals surface area (Å²) < 4.78 is 4.61. The second-order valence-corrected chi connectivity index (χ2v) is 7.92. The van der Waals surface area contributed by atoms with E-state index in [1.54, 1.807) is 0 Å². The molecule has 1 fully saturated rings. The predicted molar refractivity (Wildman–Crippen MR) is 90.0 cm³/mol. The first-order valence-corrected chi connectivity index (χ1v) is 8.76. The molecule has 0 bridgehead atoms. The van der Waals surface area contributed by atoms with Crippen LogP contribution < -0.4 is 10.6 Å². The molecule has 0 aromatic heterocycles. The molecule has 0 aromatic rings. The van der Waals surface area contributed by atoms with Gasteiger partial charge >= 0.3 is 6.09 Å². The molecule has 0 aromatic carbocycles. The third-order valence-electron chi connectivity index (χ3n) is 3.46. The van der Waals surface area contributed by atoms with Gasteiger partial charge in [0.05, 0.1) is 13.0 Å². The van der Waals surface area contributed by atoms with Crippen LogP contribution >= 0.6 is 11.8 Å². The molecule has 0 aliphatic carbocycles. The van der Waals surface area contributed by atoms with Gasteiger partial charge in [0.1, 0.15) is 12.1 Å². The molecule has 1 rings (SSSR count). The fraction of sp³-hybridized carbons (Fsp3) is 0.800. The normalized spacial score (nSPS) is 19.4. The van der Waals surface area contributed by atoms with Crippen LogP contribution in [0.5, 0.6) is 0 Å². The quantitative estimate of drug-likeness (QED) is 0.799. The lowest BCUT2D eigenvalue weighted by molar-refractivity contribution is -0.141. The zero-order valence-corrected chi connectivity index (χ0v) is 15.5. The average molecular weight is 345 g/mol. The maximum Gasteiger partial charge on any atom is 0.407 e. The van der Waals surface area contributed by atoms with Gasteiger partial charge in [-0.2, -0.15) is 0 Å². The van der Waals surface area contributed by atoms with Crippen LogP contribution in [-0.4, -0.2) is 59.7 Å². The number of carbonyl (C=O) groups is 3. The van der Waals surface area contributed by atoms with Gasteiger partial charge in [-0.1, -0.05) is 20.8 Å². The van der Waals surface area contributed by atoms with Crippen molar-refractivity contribution in [1.29, 1.82) is 0 Å². The van der Waals surface area contributed by atoms with Crippen molar-refractivity contribution in [2.75, 3.05) is 18.7 Å². The molecule has 0 spiro atoms.